The van der Waals surface area contributed by atoms with Gasteiger partial charge in [-0.2, -0.15) is 0 Å². The van der Waals surface area contributed by atoms with Crippen molar-refractivity contribution in [3.8, 4) is 0 Å². The Bertz CT molecular complexity index is 361. The van der Waals surface area contributed by atoms with Crippen LogP contribution in [0, 0.1) is 0 Å². The van der Waals surface area contributed by atoms with E-state index in [1.807, 2.05) is 11.8 Å². The Kier molecular flexibility index (Phi) is 4.82. The number of piperidine rings is 1. The van der Waals surface area contributed by atoms with Gasteiger partial charge in [0.25, 0.3) is 0 Å². The summed E-state index contributed by atoms with van der Waals surface area (Å²) in [5, 5.41) is 0. The summed E-state index contributed by atoms with van der Waals surface area (Å²) in [5.74, 6) is 0.283. The van der Waals surface area contributed by atoms with Crippen molar-refractivity contribution in [2.24, 2.45) is 0 Å². The van der Waals surface area contributed by atoms with Crippen LogP contribution in [0.25, 0.3) is 0 Å². The molecule has 21 heavy (non-hydrogen) atoms. The molecular weight excluding hydrogens is 268 g/mol. The summed E-state index contributed by atoms with van der Waals surface area (Å²) in [6.07, 6.45) is 4.88. The summed E-state index contributed by atoms with van der Waals surface area (Å²) in [6.45, 7) is 8.38. The zero-order valence-electron chi connectivity index (χ0n) is 13.2. The number of morpholine rings is 1. The average Bonchev–Trinajstić information content (AvgIpc) is 2.56. The number of likely N-dealkylation sites (tertiary alicyclic amines) is 1. The van der Waals surface area contributed by atoms with Crippen LogP contribution in [0.1, 0.15) is 39.0 Å². The number of carbonyl (C=O) groups excluding carboxylic acids is 1. The topological polar surface area (TPSA) is 42.0 Å². The van der Waals surface area contributed by atoms with Gasteiger partial charge >= 0.3 is 0 Å². The van der Waals surface area contributed by atoms with E-state index >= 15 is 0 Å². The van der Waals surface area contributed by atoms with E-state index in [9.17, 15) is 4.79 Å². The van der Waals surface area contributed by atoms with Crippen LogP contribution < -0.4 is 0 Å². The summed E-state index contributed by atoms with van der Waals surface area (Å²) < 4.78 is 11.7. The van der Waals surface area contributed by atoms with Crippen LogP contribution in [-0.2, 0) is 14.3 Å². The highest BCUT2D eigenvalue weighted by atomic mass is 16.5. The van der Waals surface area contributed by atoms with Crippen LogP contribution in [0.3, 0.4) is 0 Å². The highest BCUT2D eigenvalue weighted by Gasteiger charge is 2.42. The predicted molar refractivity (Wildman–Crippen MR) is 80.2 cm³/mol. The molecule has 0 N–H and O–H groups in total. The summed E-state index contributed by atoms with van der Waals surface area (Å²) in [6, 6.07) is 0.635. The Morgan fingerprint density at radius 2 is 1.86 bits per heavy atom. The molecule has 0 saturated carbocycles. The molecule has 3 heterocycles. The lowest BCUT2D eigenvalue weighted by Crippen LogP contribution is -2.55. The fourth-order valence-electron chi connectivity index (χ4n) is 3.99. The van der Waals surface area contributed by atoms with E-state index in [1.165, 1.54) is 0 Å². The van der Waals surface area contributed by atoms with Gasteiger partial charge in [0.2, 0.25) is 5.91 Å². The van der Waals surface area contributed by atoms with Crippen molar-refractivity contribution in [2.75, 3.05) is 46.0 Å². The van der Waals surface area contributed by atoms with Crippen LogP contribution in [0.15, 0.2) is 0 Å². The molecule has 0 aromatic carbocycles. The maximum absolute atomic E-state index is 11.8. The number of hydrogen-bond acceptors (Lipinski definition) is 4. The lowest BCUT2D eigenvalue weighted by Gasteiger charge is -2.49. The number of amides is 1. The van der Waals surface area contributed by atoms with Crippen LogP contribution >= 0.6 is 0 Å². The van der Waals surface area contributed by atoms with Crippen molar-refractivity contribution in [1.82, 2.24) is 9.80 Å². The first-order valence-electron chi connectivity index (χ1n) is 8.46. The van der Waals surface area contributed by atoms with Crippen molar-refractivity contribution in [3.63, 3.8) is 0 Å². The quantitative estimate of drug-likeness (QED) is 0.769. The van der Waals surface area contributed by atoms with Crippen molar-refractivity contribution in [1.29, 1.82) is 0 Å². The standard InChI is InChI=1S/C16H28N2O3/c1-2-15(19)18-6-4-16(5-7-18)13-14(3-10-21-16)17-8-11-20-12-9-17/h14H,2-13H2,1H3. The first-order valence-corrected chi connectivity index (χ1v) is 8.46. The molecule has 3 fully saturated rings. The van der Waals surface area contributed by atoms with Crippen LogP contribution in [0.4, 0.5) is 0 Å². The maximum Gasteiger partial charge on any atom is 0.222 e. The van der Waals surface area contributed by atoms with E-state index in [0.717, 1.165) is 71.7 Å². The van der Waals surface area contributed by atoms with Gasteiger partial charge in [-0.1, -0.05) is 6.92 Å². The molecule has 3 rings (SSSR count). The molecule has 0 aliphatic carbocycles. The third-order valence-corrected chi connectivity index (χ3v) is 5.36. The van der Waals surface area contributed by atoms with Gasteiger partial charge in [0, 0.05) is 45.2 Å². The molecular formula is C16H28N2O3. The minimum Gasteiger partial charge on any atom is -0.379 e. The second kappa shape index (κ2) is 6.63. The molecule has 1 amide bonds. The van der Waals surface area contributed by atoms with E-state index in [0.29, 0.717) is 12.5 Å². The molecule has 5 nitrogen and oxygen atoms in total. The fraction of sp³-hybridized carbons (Fsp3) is 0.938. The fourth-order valence-corrected chi connectivity index (χ4v) is 3.99. The SMILES string of the molecule is CCC(=O)N1CCC2(CC1)CC(N1CCOCC1)CCO2. The number of nitrogens with zero attached hydrogens (tertiary/aromatic N) is 2. The zero-order chi connectivity index (χ0) is 14.7. The van der Waals surface area contributed by atoms with Gasteiger partial charge in [0.15, 0.2) is 0 Å². The second-order valence-electron chi connectivity index (χ2n) is 6.56. The van der Waals surface area contributed by atoms with Gasteiger partial charge in [0.1, 0.15) is 0 Å². The first-order chi connectivity index (χ1) is 10.2. The van der Waals surface area contributed by atoms with Crippen molar-refractivity contribution in [2.45, 2.75) is 50.7 Å². The van der Waals surface area contributed by atoms with E-state index in [1.54, 1.807) is 0 Å². The smallest absolute Gasteiger partial charge is 0.222 e. The second-order valence-corrected chi connectivity index (χ2v) is 6.56. The highest BCUT2D eigenvalue weighted by molar-refractivity contribution is 5.75. The van der Waals surface area contributed by atoms with Gasteiger partial charge in [-0.25, -0.2) is 0 Å². The number of rotatable bonds is 2. The van der Waals surface area contributed by atoms with Crippen LogP contribution in [0.2, 0.25) is 0 Å². The summed E-state index contributed by atoms with van der Waals surface area (Å²) >= 11 is 0. The molecule has 0 radical (unpaired) electrons. The van der Waals surface area contributed by atoms with Gasteiger partial charge in [-0.05, 0) is 25.7 Å². The van der Waals surface area contributed by atoms with E-state index in [-0.39, 0.29) is 11.5 Å². The molecule has 3 aliphatic rings. The number of hydrogen-bond donors (Lipinski definition) is 0. The summed E-state index contributed by atoms with van der Waals surface area (Å²) in [5.41, 5.74) is 0.0196. The Labute approximate surface area is 127 Å². The minimum atomic E-state index is 0.0196. The third kappa shape index (κ3) is 3.41. The van der Waals surface area contributed by atoms with Gasteiger partial charge in [-0.3, -0.25) is 9.69 Å². The molecule has 0 aromatic heterocycles. The summed E-state index contributed by atoms with van der Waals surface area (Å²) in [4.78, 5) is 16.4. The van der Waals surface area contributed by atoms with E-state index in [4.69, 9.17) is 9.47 Å². The molecule has 1 atom stereocenters. The molecule has 1 spiro atoms. The van der Waals surface area contributed by atoms with Gasteiger partial charge in [0.05, 0.1) is 18.8 Å². The molecule has 3 saturated heterocycles. The minimum absolute atomic E-state index is 0.0196. The van der Waals surface area contributed by atoms with Crippen LogP contribution in [0.5, 0.6) is 0 Å². The number of carbonyl (C=O) groups is 1. The largest absolute Gasteiger partial charge is 0.379 e. The van der Waals surface area contributed by atoms with Crippen LogP contribution in [-0.4, -0.2) is 73.3 Å². The maximum atomic E-state index is 11.8. The Morgan fingerprint density at radius 1 is 1.14 bits per heavy atom. The Hall–Kier alpha value is -0.650. The molecule has 5 heteroatoms. The molecule has 0 aromatic rings. The normalized spacial score (nSPS) is 30.5. The van der Waals surface area contributed by atoms with E-state index in [2.05, 4.69) is 4.90 Å². The van der Waals surface area contributed by atoms with Crippen molar-refractivity contribution in [3.05, 3.63) is 0 Å². The van der Waals surface area contributed by atoms with E-state index < -0.39 is 0 Å². The third-order valence-electron chi connectivity index (χ3n) is 5.36. The van der Waals surface area contributed by atoms with Crippen molar-refractivity contribution < 1.29 is 14.3 Å². The number of ether oxygens (including phenoxy) is 2. The Morgan fingerprint density at radius 3 is 2.52 bits per heavy atom. The molecule has 0 bridgehead atoms. The van der Waals surface area contributed by atoms with Crippen molar-refractivity contribution >= 4 is 5.91 Å². The molecule has 1 unspecified atom stereocenters. The molecule has 120 valence electrons. The lowest BCUT2D eigenvalue weighted by molar-refractivity contribution is -0.151. The molecule has 3 aliphatic heterocycles. The highest BCUT2D eigenvalue weighted by Crippen LogP contribution is 2.37. The summed E-state index contributed by atoms with van der Waals surface area (Å²) in [7, 11) is 0. The lowest BCUT2D eigenvalue weighted by atomic mass is 9.81. The monoisotopic (exact) mass is 296 g/mol. The Balaban J connectivity index is 1.57. The average molecular weight is 296 g/mol. The first kappa shape index (κ1) is 15.3. The van der Waals surface area contributed by atoms with Gasteiger partial charge < -0.3 is 14.4 Å². The zero-order valence-corrected chi connectivity index (χ0v) is 13.2. The predicted octanol–water partition coefficient (Wildman–Crippen LogP) is 1.27. The van der Waals surface area contributed by atoms with Gasteiger partial charge in [-0.15, -0.1) is 0 Å².